The largest absolute Gasteiger partial charge is 0.387 e. The van der Waals surface area contributed by atoms with Gasteiger partial charge in [-0.3, -0.25) is 9.00 Å². The van der Waals surface area contributed by atoms with Crippen LogP contribution in [0.1, 0.15) is 50.7 Å². The topological polar surface area (TPSA) is 67.8 Å². The summed E-state index contributed by atoms with van der Waals surface area (Å²) in [4.78, 5) is 18.0. The number of nitrogens with zero attached hydrogens (tertiary/aromatic N) is 1. The van der Waals surface area contributed by atoms with E-state index in [4.69, 9.17) is 4.84 Å². The molecule has 6 heteroatoms. The first-order valence-corrected chi connectivity index (χ1v) is 10.0. The quantitative estimate of drug-likeness (QED) is 0.889. The summed E-state index contributed by atoms with van der Waals surface area (Å²) in [7, 11) is -0.884. The molecule has 130 valence electrons. The van der Waals surface area contributed by atoms with Crippen LogP contribution in [0.25, 0.3) is 0 Å². The van der Waals surface area contributed by atoms with Crippen molar-refractivity contribution in [1.82, 2.24) is 5.32 Å². The molecule has 24 heavy (non-hydrogen) atoms. The second kappa shape index (κ2) is 7.92. The van der Waals surface area contributed by atoms with Gasteiger partial charge in [0, 0.05) is 29.0 Å². The molecule has 2 aliphatic rings. The molecule has 0 aromatic heterocycles. The molecule has 0 saturated heterocycles. The van der Waals surface area contributed by atoms with E-state index < -0.39 is 10.8 Å². The summed E-state index contributed by atoms with van der Waals surface area (Å²) in [5, 5.41) is 7.09. The molecule has 0 unspecified atom stereocenters. The zero-order valence-corrected chi connectivity index (χ0v) is 14.8. The van der Waals surface area contributed by atoms with Gasteiger partial charge in [0.15, 0.2) is 6.10 Å². The first-order valence-electron chi connectivity index (χ1n) is 8.64. The molecule has 0 spiro atoms. The number of carbonyl (C=O) groups is 1. The fourth-order valence-corrected chi connectivity index (χ4v) is 4.83. The van der Waals surface area contributed by atoms with Crippen molar-refractivity contribution in [3.8, 4) is 0 Å². The van der Waals surface area contributed by atoms with Crippen LogP contribution < -0.4 is 5.32 Å². The molecule has 0 bridgehead atoms. The van der Waals surface area contributed by atoms with Crippen molar-refractivity contribution in [2.24, 2.45) is 5.16 Å². The Labute approximate surface area is 145 Å². The molecule has 4 atom stereocenters. The normalized spacial score (nSPS) is 27.9. The summed E-state index contributed by atoms with van der Waals surface area (Å²) in [5.41, 5.74) is 1.45. The molecule has 1 aromatic carbocycles. The Hall–Kier alpha value is -1.69. The number of rotatable bonds is 5. The molecule has 1 aromatic rings. The van der Waals surface area contributed by atoms with Gasteiger partial charge in [-0.25, -0.2) is 0 Å². The average Bonchev–Trinajstić information content (AvgIpc) is 3.12. The molecule has 1 aliphatic heterocycles. The van der Waals surface area contributed by atoms with Gasteiger partial charge >= 0.3 is 0 Å². The van der Waals surface area contributed by atoms with Crippen molar-refractivity contribution in [3.05, 3.63) is 35.9 Å². The van der Waals surface area contributed by atoms with Gasteiger partial charge in [0.1, 0.15) is 5.71 Å². The molecule has 0 radical (unpaired) electrons. The predicted octanol–water partition coefficient (Wildman–Crippen LogP) is 2.70. The van der Waals surface area contributed by atoms with Crippen LogP contribution in [0.5, 0.6) is 0 Å². The summed E-state index contributed by atoms with van der Waals surface area (Å²) in [5.74, 6) is 0.454. The lowest BCUT2D eigenvalue weighted by atomic mass is 9.94. The van der Waals surface area contributed by atoms with E-state index in [1.54, 1.807) is 0 Å². The maximum Gasteiger partial charge on any atom is 0.269 e. The fraction of sp³-hybridized carbons (Fsp3) is 0.556. The van der Waals surface area contributed by atoms with Crippen LogP contribution in [0.15, 0.2) is 35.5 Å². The smallest absolute Gasteiger partial charge is 0.269 e. The van der Waals surface area contributed by atoms with Crippen LogP contribution in [0, 0.1) is 0 Å². The highest BCUT2D eigenvalue weighted by Gasteiger charge is 2.33. The van der Waals surface area contributed by atoms with Crippen molar-refractivity contribution in [1.29, 1.82) is 0 Å². The van der Waals surface area contributed by atoms with E-state index in [0.29, 0.717) is 17.9 Å². The zero-order chi connectivity index (χ0) is 16.9. The molecule has 3 rings (SSSR count). The third-order valence-corrected chi connectivity index (χ3v) is 6.55. The second-order valence-corrected chi connectivity index (χ2v) is 8.26. The number of nitrogens with one attached hydrogen (secondary N) is 1. The highest BCUT2D eigenvalue weighted by Crippen LogP contribution is 2.28. The van der Waals surface area contributed by atoms with Crippen LogP contribution in [0.3, 0.4) is 0 Å². The number of benzene rings is 1. The zero-order valence-electron chi connectivity index (χ0n) is 13.9. The molecule has 1 saturated carbocycles. The number of hydrogen-bond acceptors (Lipinski definition) is 4. The minimum absolute atomic E-state index is 0.0227. The Kier molecular flexibility index (Phi) is 5.66. The summed E-state index contributed by atoms with van der Waals surface area (Å²) >= 11 is 0. The molecule has 1 amide bonds. The van der Waals surface area contributed by atoms with Gasteiger partial charge in [-0.1, -0.05) is 55.3 Å². The lowest BCUT2D eigenvalue weighted by molar-refractivity contribution is -0.115. The van der Waals surface area contributed by atoms with Crippen LogP contribution >= 0.6 is 0 Å². The van der Waals surface area contributed by atoms with E-state index in [0.717, 1.165) is 31.2 Å². The molecule has 1 aliphatic carbocycles. The first-order chi connectivity index (χ1) is 11.7. The molecule has 1 fully saturated rings. The van der Waals surface area contributed by atoms with Crippen LogP contribution in [-0.4, -0.2) is 32.9 Å². The van der Waals surface area contributed by atoms with Gasteiger partial charge < -0.3 is 10.2 Å². The molecular weight excluding hydrogens is 324 g/mol. The Morgan fingerprint density at radius 2 is 2.04 bits per heavy atom. The van der Waals surface area contributed by atoms with Crippen LogP contribution in [-0.2, 0) is 20.4 Å². The average molecular weight is 348 g/mol. The third kappa shape index (κ3) is 3.86. The van der Waals surface area contributed by atoms with E-state index in [2.05, 4.69) is 10.5 Å². The van der Waals surface area contributed by atoms with Gasteiger partial charge in [-0.05, 0) is 18.4 Å². The summed E-state index contributed by atoms with van der Waals surface area (Å²) in [6.07, 6.45) is 4.24. The van der Waals surface area contributed by atoms with Gasteiger partial charge in [0.25, 0.3) is 5.91 Å². The highest BCUT2D eigenvalue weighted by atomic mass is 32.2. The molecule has 1 heterocycles. The predicted molar refractivity (Wildman–Crippen MR) is 95.2 cm³/mol. The summed E-state index contributed by atoms with van der Waals surface area (Å²) < 4.78 is 12.2. The summed E-state index contributed by atoms with van der Waals surface area (Å²) in [6.45, 7) is 1.93. The monoisotopic (exact) mass is 348 g/mol. The summed E-state index contributed by atoms with van der Waals surface area (Å²) in [6, 6.07) is 9.77. The Morgan fingerprint density at radius 1 is 1.29 bits per heavy atom. The van der Waals surface area contributed by atoms with E-state index in [-0.39, 0.29) is 23.3 Å². The Bertz CT molecular complexity index is 632. The number of oxime groups is 1. The van der Waals surface area contributed by atoms with Crippen LogP contribution in [0.4, 0.5) is 0 Å². The molecule has 1 N–H and O–H groups in total. The minimum atomic E-state index is -0.884. The van der Waals surface area contributed by atoms with Crippen molar-refractivity contribution < 1.29 is 13.8 Å². The van der Waals surface area contributed by atoms with Gasteiger partial charge in [0.05, 0.1) is 5.25 Å². The lowest BCUT2D eigenvalue weighted by Gasteiger charge is -2.31. The fourth-order valence-electron chi connectivity index (χ4n) is 3.40. The number of carbonyl (C=O) groups excluding carboxylic acids is 1. The van der Waals surface area contributed by atoms with E-state index in [1.807, 2.05) is 37.3 Å². The SMILES string of the molecule is CC[S@](=O)[C@@H]1CCCC[C@H]1NC(=O)C1=NO[C@@H](c2ccccc2)C1. The Balaban J connectivity index is 1.60. The Morgan fingerprint density at radius 3 is 2.79 bits per heavy atom. The van der Waals surface area contributed by atoms with Crippen LogP contribution in [0.2, 0.25) is 0 Å². The highest BCUT2D eigenvalue weighted by molar-refractivity contribution is 7.85. The third-order valence-electron chi connectivity index (χ3n) is 4.74. The first kappa shape index (κ1) is 17.1. The molecular formula is C18H24N2O3S. The maximum atomic E-state index is 12.5. The maximum absolute atomic E-state index is 12.5. The van der Waals surface area contributed by atoms with E-state index >= 15 is 0 Å². The number of hydrogen-bond donors (Lipinski definition) is 1. The van der Waals surface area contributed by atoms with Crippen molar-refractivity contribution in [3.63, 3.8) is 0 Å². The van der Waals surface area contributed by atoms with Crippen molar-refractivity contribution in [2.45, 2.75) is 56.4 Å². The molecule has 5 nitrogen and oxygen atoms in total. The number of amides is 1. The van der Waals surface area contributed by atoms with E-state index in [1.165, 1.54) is 0 Å². The van der Waals surface area contributed by atoms with Gasteiger partial charge in [0.2, 0.25) is 0 Å². The second-order valence-electron chi connectivity index (χ2n) is 6.32. The van der Waals surface area contributed by atoms with Gasteiger partial charge in [-0.15, -0.1) is 0 Å². The minimum Gasteiger partial charge on any atom is -0.387 e. The lowest BCUT2D eigenvalue weighted by Crippen LogP contribution is -2.49. The van der Waals surface area contributed by atoms with Crippen molar-refractivity contribution in [2.75, 3.05) is 5.75 Å². The van der Waals surface area contributed by atoms with E-state index in [9.17, 15) is 9.00 Å². The standard InChI is InChI=1S/C18H24N2O3S/c1-2-24(22)17-11-7-6-10-14(17)19-18(21)15-12-16(23-20-15)13-8-4-3-5-9-13/h3-5,8-9,14,16-17H,2,6-7,10-12H2,1H3,(H,19,21)/t14-,16-,17-,24+/m1/s1. The van der Waals surface area contributed by atoms with Crippen molar-refractivity contribution >= 4 is 22.4 Å². The van der Waals surface area contributed by atoms with Gasteiger partial charge in [-0.2, -0.15) is 0 Å².